The van der Waals surface area contributed by atoms with Gasteiger partial charge in [0.1, 0.15) is 5.82 Å². The molecule has 2 aromatic rings. The van der Waals surface area contributed by atoms with Crippen molar-refractivity contribution < 1.29 is 4.39 Å². The molecule has 17 heavy (non-hydrogen) atoms. The second-order valence-electron chi connectivity index (χ2n) is 3.85. The summed E-state index contributed by atoms with van der Waals surface area (Å²) in [5.41, 5.74) is 0.943. The Hall–Kier alpha value is -0.710. The van der Waals surface area contributed by atoms with Crippen LogP contribution in [0.2, 0.25) is 0 Å². The van der Waals surface area contributed by atoms with E-state index in [1.54, 1.807) is 23.5 Å². The number of hydrogen-bond donors (Lipinski definition) is 1. The van der Waals surface area contributed by atoms with Gasteiger partial charge in [0.05, 0.1) is 0 Å². The normalized spacial score (nSPS) is 10.8. The molecule has 2 rings (SSSR count). The highest BCUT2D eigenvalue weighted by atomic mass is 79.9. The zero-order chi connectivity index (χ0) is 12.3. The van der Waals surface area contributed by atoms with Crippen molar-refractivity contribution in [2.75, 3.05) is 0 Å². The van der Waals surface area contributed by atoms with Crippen molar-refractivity contribution in [2.45, 2.75) is 20.0 Å². The van der Waals surface area contributed by atoms with Crippen LogP contribution in [0.5, 0.6) is 0 Å². The summed E-state index contributed by atoms with van der Waals surface area (Å²) in [6.45, 7) is 3.58. The molecule has 0 radical (unpaired) electrons. The van der Waals surface area contributed by atoms with Crippen LogP contribution >= 0.6 is 27.3 Å². The first-order chi connectivity index (χ1) is 8.15. The van der Waals surface area contributed by atoms with Crippen LogP contribution in [0.4, 0.5) is 4.39 Å². The third-order valence-electron chi connectivity index (χ3n) is 2.42. The molecule has 1 aromatic heterocycles. The fraction of sp³-hybridized carbons (Fsp3) is 0.231. The van der Waals surface area contributed by atoms with Gasteiger partial charge in [-0.3, -0.25) is 0 Å². The van der Waals surface area contributed by atoms with Crippen LogP contribution < -0.4 is 5.32 Å². The monoisotopic (exact) mass is 313 g/mol. The second kappa shape index (κ2) is 5.76. The number of halogens is 2. The van der Waals surface area contributed by atoms with E-state index in [0.29, 0.717) is 6.54 Å². The van der Waals surface area contributed by atoms with Gasteiger partial charge in [-0.05, 0) is 42.8 Å². The van der Waals surface area contributed by atoms with E-state index in [4.69, 9.17) is 0 Å². The minimum absolute atomic E-state index is 0.197. The lowest BCUT2D eigenvalue weighted by Crippen LogP contribution is -2.12. The maximum atomic E-state index is 13.1. The van der Waals surface area contributed by atoms with Crippen LogP contribution in [-0.4, -0.2) is 0 Å². The Morgan fingerprint density at radius 1 is 1.24 bits per heavy atom. The predicted octanol–water partition coefficient (Wildman–Crippen LogP) is 4.25. The van der Waals surface area contributed by atoms with Crippen molar-refractivity contribution >= 4 is 27.3 Å². The van der Waals surface area contributed by atoms with Crippen molar-refractivity contribution in [1.29, 1.82) is 0 Å². The Labute approximate surface area is 113 Å². The van der Waals surface area contributed by atoms with Gasteiger partial charge >= 0.3 is 0 Å². The molecular formula is C13H13BrFNS. The zero-order valence-electron chi connectivity index (χ0n) is 9.47. The molecule has 90 valence electrons. The molecule has 0 saturated heterocycles. The molecule has 0 saturated carbocycles. The summed E-state index contributed by atoms with van der Waals surface area (Å²) in [5, 5.41) is 3.31. The largest absolute Gasteiger partial charge is 0.308 e. The average molecular weight is 314 g/mol. The molecule has 0 spiro atoms. The first-order valence-corrected chi connectivity index (χ1v) is 6.96. The highest BCUT2D eigenvalue weighted by Gasteiger charge is 2.02. The average Bonchev–Trinajstić information content (AvgIpc) is 2.69. The third kappa shape index (κ3) is 3.63. The molecular weight excluding hydrogens is 301 g/mol. The molecule has 0 aliphatic carbocycles. The summed E-state index contributed by atoms with van der Waals surface area (Å²) in [6, 6.07) is 8.97. The molecule has 1 nitrogen and oxygen atoms in total. The van der Waals surface area contributed by atoms with Crippen molar-refractivity contribution in [3.63, 3.8) is 0 Å². The standard InChI is InChI=1S/C13H13BrFNS/c1-9-2-4-12(17-9)8-16-7-10-6-11(15)3-5-13(10)14/h2-6,16H,7-8H2,1H3. The Kier molecular flexibility index (Phi) is 4.31. The van der Waals surface area contributed by atoms with E-state index in [9.17, 15) is 4.39 Å². The molecule has 0 amide bonds. The van der Waals surface area contributed by atoms with Crippen LogP contribution in [0.1, 0.15) is 15.3 Å². The lowest BCUT2D eigenvalue weighted by atomic mass is 10.2. The maximum absolute atomic E-state index is 13.1. The van der Waals surface area contributed by atoms with E-state index in [1.807, 2.05) is 0 Å². The molecule has 1 heterocycles. The molecule has 1 N–H and O–H groups in total. The summed E-state index contributed by atoms with van der Waals surface area (Å²) in [6.07, 6.45) is 0. The fourth-order valence-corrected chi connectivity index (χ4v) is 2.83. The van der Waals surface area contributed by atoms with Gasteiger partial charge in [0.2, 0.25) is 0 Å². The van der Waals surface area contributed by atoms with E-state index in [1.165, 1.54) is 15.8 Å². The molecule has 0 bridgehead atoms. The summed E-state index contributed by atoms with van der Waals surface area (Å²) >= 11 is 5.20. The quantitative estimate of drug-likeness (QED) is 0.890. The summed E-state index contributed by atoms with van der Waals surface area (Å²) < 4.78 is 14.0. The van der Waals surface area contributed by atoms with Crippen LogP contribution in [0.15, 0.2) is 34.8 Å². The lowest BCUT2D eigenvalue weighted by Gasteiger charge is -2.06. The smallest absolute Gasteiger partial charge is 0.123 e. The minimum Gasteiger partial charge on any atom is -0.308 e. The van der Waals surface area contributed by atoms with Crippen molar-refractivity contribution in [1.82, 2.24) is 5.32 Å². The van der Waals surface area contributed by atoms with Crippen LogP contribution in [0, 0.1) is 12.7 Å². The topological polar surface area (TPSA) is 12.0 Å². The Bertz CT molecular complexity index is 510. The summed E-state index contributed by atoms with van der Waals surface area (Å²) in [4.78, 5) is 2.61. The van der Waals surface area contributed by atoms with Gasteiger partial charge in [-0.1, -0.05) is 15.9 Å². The summed E-state index contributed by atoms with van der Waals surface area (Å²) in [5.74, 6) is -0.197. The molecule has 4 heteroatoms. The SMILES string of the molecule is Cc1ccc(CNCc2cc(F)ccc2Br)s1. The number of thiophene rings is 1. The van der Waals surface area contributed by atoms with E-state index in [-0.39, 0.29) is 5.82 Å². The van der Waals surface area contributed by atoms with Crippen molar-refractivity contribution in [2.24, 2.45) is 0 Å². The van der Waals surface area contributed by atoms with Crippen LogP contribution in [0.3, 0.4) is 0 Å². The van der Waals surface area contributed by atoms with Crippen molar-refractivity contribution in [3.05, 3.63) is 55.9 Å². The van der Waals surface area contributed by atoms with Gasteiger partial charge in [-0.25, -0.2) is 4.39 Å². The molecule has 0 fully saturated rings. The highest BCUT2D eigenvalue weighted by Crippen LogP contribution is 2.18. The Morgan fingerprint density at radius 3 is 2.76 bits per heavy atom. The number of hydrogen-bond acceptors (Lipinski definition) is 2. The van der Waals surface area contributed by atoms with Crippen LogP contribution in [0.25, 0.3) is 0 Å². The fourth-order valence-electron chi connectivity index (χ4n) is 1.58. The maximum Gasteiger partial charge on any atom is 0.123 e. The number of aryl methyl sites for hydroxylation is 1. The van der Waals surface area contributed by atoms with E-state index < -0.39 is 0 Å². The number of benzene rings is 1. The van der Waals surface area contributed by atoms with E-state index in [0.717, 1.165) is 16.6 Å². The Morgan fingerprint density at radius 2 is 2.06 bits per heavy atom. The molecule has 0 unspecified atom stereocenters. The molecule has 0 aliphatic heterocycles. The third-order valence-corrected chi connectivity index (χ3v) is 4.19. The number of nitrogens with one attached hydrogen (secondary N) is 1. The van der Waals surface area contributed by atoms with Crippen LogP contribution in [-0.2, 0) is 13.1 Å². The number of rotatable bonds is 4. The van der Waals surface area contributed by atoms with E-state index in [2.05, 4.69) is 40.3 Å². The molecule has 1 aromatic carbocycles. The van der Waals surface area contributed by atoms with Gasteiger partial charge < -0.3 is 5.32 Å². The van der Waals surface area contributed by atoms with Gasteiger partial charge in [-0.15, -0.1) is 11.3 Å². The van der Waals surface area contributed by atoms with Gasteiger partial charge in [0.15, 0.2) is 0 Å². The zero-order valence-corrected chi connectivity index (χ0v) is 11.9. The predicted molar refractivity (Wildman–Crippen MR) is 73.7 cm³/mol. The minimum atomic E-state index is -0.197. The van der Waals surface area contributed by atoms with Gasteiger partial charge in [0, 0.05) is 27.3 Å². The first-order valence-electron chi connectivity index (χ1n) is 5.35. The lowest BCUT2D eigenvalue weighted by molar-refractivity contribution is 0.620. The highest BCUT2D eigenvalue weighted by molar-refractivity contribution is 9.10. The van der Waals surface area contributed by atoms with Crippen molar-refractivity contribution in [3.8, 4) is 0 Å². The van der Waals surface area contributed by atoms with E-state index >= 15 is 0 Å². The second-order valence-corrected chi connectivity index (χ2v) is 6.08. The molecule has 0 aliphatic rings. The molecule has 0 atom stereocenters. The van der Waals surface area contributed by atoms with Gasteiger partial charge in [-0.2, -0.15) is 0 Å². The Balaban J connectivity index is 1.91. The van der Waals surface area contributed by atoms with Gasteiger partial charge in [0.25, 0.3) is 0 Å². The first kappa shape index (κ1) is 12.7. The summed E-state index contributed by atoms with van der Waals surface area (Å²) in [7, 11) is 0.